The Balaban J connectivity index is 1.85. The van der Waals surface area contributed by atoms with Gasteiger partial charge < -0.3 is 10.6 Å². The number of benzene rings is 3. The van der Waals surface area contributed by atoms with E-state index >= 15 is 0 Å². The van der Waals surface area contributed by atoms with Gasteiger partial charge in [0.1, 0.15) is 11.6 Å². The zero-order chi connectivity index (χ0) is 15.4. The maximum absolute atomic E-state index is 14.1. The van der Waals surface area contributed by atoms with Gasteiger partial charge in [-0.05, 0) is 24.3 Å². The molecule has 2 N–H and O–H groups in total. The molecular formula is C18H14F2N2. The van der Waals surface area contributed by atoms with E-state index in [1.54, 1.807) is 24.3 Å². The van der Waals surface area contributed by atoms with Crippen molar-refractivity contribution < 1.29 is 8.78 Å². The molecule has 0 saturated heterocycles. The SMILES string of the molecule is Fc1cc(Nc2ccccc2)c(F)cc1Nc1ccccc1. The number of hydrogen-bond donors (Lipinski definition) is 2. The molecule has 0 aliphatic carbocycles. The minimum atomic E-state index is -0.524. The van der Waals surface area contributed by atoms with E-state index in [0.717, 1.165) is 12.1 Å². The van der Waals surface area contributed by atoms with E-state index in [9.17, 15) is 8.78 Å². The van der Waals surface area contributed by atoms with Crippen LogP contribution in [0.2, 0.25) is 0 Å². The Hall–Kier alpha value is -2.88. The zero-order valence-corrected chi connectivity index (χ0v) is 11.7. The van der Waals surface area contributed by atoms with Crippen LogP contribution in [0.25, 0.3) is 0 Å². The first-order chi connectivity index (χ1) is 10.7. The first-order valence-electron chi connectivity index (χ1n) is 6.85. The molecule has 0 amide bonds. The van der Waals surface area contributed by atoms with E-state index in [0.29, 0.717) is 11.4 Å². The molecule has 110 valence electrons. The van der Waals surface area contributed by atoms with Gasteiger partial charge in [0.15, 0.2) is 0 Å². The van der Waals surface area contributed by atoms with Crippen molar-refractivity contribution in [2.75, 3.05) is 10.6 Å². The van der Waals surface area contributed by atoms with Crippen molar-refractivity contribution in [2.45, 2.75) is 0 Å². The van der Waals surface area contributed by atoms with Crippen LogP contribution in [-0.2, 0) is 0 Å². The molecule has 4 heteroatoms. The lowest BCUT2D eigenvalue weighted by atomic mass is 10.2. The fraction of sp³-hybridized carbons (Fsp3) is 0. The Bertz CT molecular complexity index is 692. The van der Waals surface area contributed by atoms with Crippen molar-refractivity contribution in [3.8, 4) is 0 Å². The standard InChI is InChI=1S/C18H14F2N2/c19-15-12-18(22-14-9-5-2-6-10-14)16(20)11-17(15)21-13-7-3-1-4-8-13/h1-12,21-22H. The van der Waals surface area contributed by atoms with Gasteiger partial charge >= 0.3 is 0 Å². The molecule has 0 heterocycles. The second kappa shape index (κ2) is 6.26. The summed E-state index contributed by atoms with van der Waals surface area (Å²) in [5, 5.41) is 5.72. The van der Waals surface area contributed by atoms with E-state index in [4.69, 9.17) is 0 Å². The third-order valence-electron chi connectivity index (χ3n) is 3.16. The summed E-state index contributed by atoms with van der Waals surface area (Å²) in [6.07, 6.45) is 0. The van der Waals surface area contributed by atoms with E-state index in [-0.39, 0.29) is 11.4 Å². The molecule has 3 aromatic carbocycles. The van der Waals surface area contributed by atoms with Gasteiger partial charge in [-0.2, -0.15) is 0 Å². The van der Waals surface area contributed by atoms with Crippen LogP contribution in [0, 0.1) is 11.6 Å². The molecule has 0 fully saturated rings. The van der Waals surface area contributed by atoms with Crippen LogP contribution in [0.15, 0.2) is 72.8 Å². The minimum Gasteiger partial charge on any atom is -0.353 e. The fourth-order valence-corrected chi connectivity index (χ4v) is 2.09. The maximum atomic E-state index is 14.1. The van der Waals surface area contributed by atoms with Gasteiger partial charge in [0.25, 0.3) is 0 Å². The molecule has 22 heavy (non-hydrogen) atoms. The van der Waals surface area contributed by atoms with E-state index in [2.05, 4.69) is 10.6 Å². The van der Waals surface area contributed by atoms with Gasteiger partial charge in [0.05, 0.1) is 11.4 Å². The third kappa shape index (κ3) is 3.23. The summed E-state index contributed by atoms with van der Waals surface area (Å²) in [6, 6.07) is 20.4. The average molecular weight is 296 g/mol. The smallest absolute Gasteiger partial charge is 0.148 e. The highest BCUT2D eigenvalue weighted by Gasteiger charge is 2.10. The van der Waals surface area contributed by atoms with Crippen LogP contribution in [-0.4, -0.2) is 0 Å². The van der Waals surface area contributed by atoms with E-state index < -0.39 is 11.6 Å². The summed E-state index contributed by atoms with van der Waals surface area (Å²) in [7, 11) is 0. The molecule has 0 saturated carbocycles. The number of para-hydroxylation sites is 2. The van der Waals surface area contributed by atoms with Gasteiger partial charge in [0.2, 0.25) is 0 Å². The second-order valence-corrected chi connectivity index (χ2v) is 4.79. The summed E-state index contributed by atoms with van der Waals surface area (Å²) < 4.78 is 28.3. The van der Waals surface area contributed by atoms with Crippen molar-refractivity contribution in [3.63, 3.8) is 0 Å². The first kappa shape index (κ1) is 14.1. The van der Waals surface area contributed by atoms with Crippen molar-refractivity contribution >= 4 is 22.7 Å². The van der Waals surface area contributed by atoms with E-state index in [1.807, 2.05) is 36.4 Å². The Labute approximate surface area is 127 Å². The summed E-state index contributed by atoms with van der Waals surface area (Å²) in [6.45, 7) is 0. The summed E-state index contributed by atoms with van der Waals surface area (Å²) in [5.74, 6) is -1.05. The largest absolute Gasteiger partial charge is 0.353 e. The van der Waals surface area contributed by atoms with Crippen LogP contribution >= 0.6 is 0 Å². The van der Waals surface area contributed by atoms with Crippen molar-refractivity contribution in [1.29, 1.82) is 0 Å². The average Bonchev–Trinajstić information content (AvgIpc) is 2.54. The maximum Gasteiger partial charge on any atom is 0.148 e. The van der Waals surface area contributed by atoms with Gasteiger partial charge in [-0.25, -0.2) is 8.78 Å². The normalized spacial score (nSPS) is 10.3. The molecule has 0 radical (unpaired) electrons. The fourth-order valence-electron chi connectivity index (χ4n) is 2.09. The highest BCUT2D eigenvalue weighted by Crippen LogP contribution is 2.27. The molecule has 0 bridgehead atoms. The number of anilines is 4. The van der Waals surface area contributed by atoms with Crippen molar-refractivity contribution in [2.24, 2.45) is 0 Å². The monoisotopic (exact) mass is 296 g/mol. The third-order valence-corrected chi connectivity index (χ3v) is 3.16. The van der Waals surface area contributed by atoms with Gasteiger partial charge in [0, 0.05) is 23.5 Å². The first-order valence-corrected chi connectivity index (χ1v) is 6.85. The summed E-state index contributed by atoms with van der Waals surface area (Å²) >= 11 is 0. The topological polar surface area (TPSA) is 24.1 Å². The highest BCUT2D eigenvalue weighted by molar-refractivity contribution is 5.67. The molecule has 3 rings (SSSR count). The lowest BCUT2D eigenvalue weighted by molar-refractivity contribution is 0.607. The Morgan fingerprint density at radius 3 is 1.27 bits per heavy atom. The van der Waals surface area contributed by atoms with Crippen molar-refractivity contribution in [1.82, 2.24) is 0 Å². The lowest BCUT2D eigenvalue weighted by Gasteiger charge is -2.12. The molecular weight excluding hydrogens is 282 g/mol. The second-order valence-electron chi connectivity index (χ2n) is 4.79. The van der Waals surface area contributed by atoms with E-state index in [1.165, 1.54) is 0 Å². The van der Waals surface area contributed by atoms with Crippen LogP contribution in [0.1, 0.15) is 0 Å². The molecule has 0 aromatic heterocycles. The Kier molecular flexibility index (Phi) is 4.01. The molecule has 0 unspecified atom stereocenters. The Morgan fingerprint density at radius 2 is 0.909 bits per heavy atom. The Morgan fingerprint density at radius 1 is 0.545 bits per heavy atom. The molecule has 2 nitrogen and oxygen atoms in total. The van der Waals surface area contributed by atoms with Crippen LogP contribution in [0.5, 0.6) is 0 Å². The van der Waals surface area contributed by atoms with Crippen molar-refractivity contribution in [3.05, 3.63) is 84.4 Å². The van der Waals surface area contributed by atoms with Gasteiger partial charge in [-0.1, -0.05) is 36.4 Å². The predicted molar refractivity (Wildman–Crippen MR) is 85.8 cm³/mol. The molecule has 0 aliphatic rings. The number of rotatable bonds is 4. The highest BCUT2D eigenvalue weighted by atomic mass is 19.1. The molecule has 0 atom stereocenters. The number of halogens is 2. The quantitative estimate of drug-likeness (QED) is 0.668. The number of hydrogen-bond acceptors (Lipinski definition) is 2. The molecule has 3 aromatic rings. The predicted octanol–water partition coefficient (Wildman–Crippen LogP) is 5.45. The summed E-state index contributed by atoms with van der Waals surface area (Å²) in [4.78, 5) is 0. The minimum absolute atomic E-state index is 0.0994. The van der Waals surface area contributed by atoms with Crippen LogP contribution < -0.4 is 10.6 Å². The van der Waals surface area contributed by atoms with Crippen LogP contribution in [0.3, 0.4) is 0 Å². The van der Waals surface area contributed by atoms with Gasteiger partial charge in [-0.15, -0.1) is 0 Å². The van der Waals surface area contributed by atoms with Gasteiger partial charge in [-0.3, -0.25) is 0 Å². The number of nitrogens with one attached hydrogen (secondary N) is 2. The molecule has 0 spiro atoms. The molecule has 0 aliphatic heterocycles. The zero-order valence-electron chi connectivity index (χ0n) is 11.7. The van der Waals surface area contributed by atoms with Crippen LogP contribution in [0.4, 0.5) is 31.5 Å². The summed E-state index contributed by atoms with van der Waals surface area (Å²) in [5.41, 5.74) is 1.60. The lowest BCUT2D eigenvalue weighted by Crippen LogP contribution is -1.99.